The maximum atomic E-state index is 11.9. The van der Waals surface area contributed by atoms with Gasteiger partial charge in [-0.25, -0.2) is 4.98 Å². The minimum atomic E-state index is 0.265. The zero-order chi connectivity index (χ0) is 14.4. The molecular weight excluding hydrogens is 272 g/mol. The summed E-state index contributed by atoms with van der Waals surface area (Å²) in [7, 11) is 1.88. The Labute approximate surface area is 125 Å². The average Bonchev–Trinajstić information content (AvgIpc) is 2.93. The van der Waals surface area contributed by atoms with Gasteiger partial charge in [0.1, 0.15) is 0 Å². The summed E-state index contributed by atoms with van der Waals surface area (Å²) in [5.41, 5.74) is 1.17. The maximum Gasteiger partial charge on any atom is 0.223 e. The number of nitrogens with zero attached hydrogens (tertiary/aromatic N) is 3. The van der Waals surface area contributed by atoms with Gasteiger partial charge in [-0.15, -0.1) is 11.3 Å². The van der Waals surface area contributed by atoms with Crippen LogP contribution in [0.25, 0.3) is 0 Å². The van der Waals surface area contributed by atoms with Gasteiger partial charge < -0.3 is 10.2 Å². The Kier molecular flexibility index (Phi) is 5.94. The molecule has 1 saturated heterocycles. The second-order valence-corrected chi connectivity index (χ2v) is 6.04. The third-order valence-electron chi connectivity index (χ3n) is 3.60. The minimum Gasteiger partial charge on any atom is -0.340 e. The summed E-state index contributed by atoms with van der Waals surface area (Å²) in [5.74, 6) is 0.265. The van der Waals surface area contributed by atoms with Crippen LogP contribution in [0.15, 0.2) is 5.38 Å². The quantitative estimate of drug-likeness (QED) is 0.849. The molecule has 0 bridgehead atoms. The van der Waals surface area contributed by atoms with Gasteiger partial charge in [0.25, 0.3) is 0 Å². The van der Waals surface area contributed by atoms with Crippen LogP contribution in [0.2, 0.25) is 0 Å². The molecule has 0 saturated carbocycles. The van der Waals surface area contributed by atoms with Gasteiger partial charge in [0, 0.05) is 51.1 Å². The largest absolute Gasteiger partial charge is 0.340 e. The van der Waals surface area contributed by atoms with E-state index in [0.717, 1.165) is 45.7 Å². The number of piperazine rings is 1. The van der Waals surface area contributed by atoms with Crippen molar-refractivity contribution in [1.82, 2.24) is 20.1 Å². The number of aryl methyl sites for hydroxylation is 1. The van der Waals surface area contributed by atoms with Crippen LogP contribution < -0.4 is 5.32 Å². The molecule has 0 radical (unpaired) electrons. The Balaban J connectivity index is 1.75. The number of carbonyl (C=O) groups is 1. The van der Waals surface area contributed by atoms with Gasteiger partial charge in [0.15, 0.2) is 0 Å². The van der Waals surface area contributed by atoms with Crippen LogP contribution in [0.5, 0.6) is 0 Å². The van der Waals surface area contributed by atoms with Gasteiger partial charge in [-0.05, 0) is 13.5 Å². The summed E-state index contributed by atoms with van der Waals surface area (Å²) in [6.07, 6.45) is 1.61. The molecule has 5 nitrogen and oxygen atoms in total. The molecule has 0 atom stereocenters. The zero-order valence-electron chi connectivity index (χ0n) is 12.4. The lowest BCUT2D eigenvalue weighted by molar-refractivity contribution is -0.132. The summed E-state index contributed by atoms with van der Waals surface area (Å²) < 4.78 is 0. The lowest BCUT2D eigenvalue weighted by Gasteiger charge is -2.34. The predicted octanol–water partition coefficient (Wildman–Crippen LogP) is 0.959. The van der Waals surface area contributed by atoms with E-state index in [4.69, 9.17) is 0 Å². The molecule has 1 amide bonds. The van der Waals surface area contributed by atoms with E-state index in [-0.39, 0.29) is 5.91 Å². The monoisotopic (exact) mass is 296 g/mol. The van der Waals surface area contributed by atoms with Gasteiger partial charge in [-0.2, -0.15) is 0 Å². The normalized spacial score (nSPS) is 16.6. The van der Waals surface area contributed by atoms with Crippen molar-refractivity contribution in [3.63, 3.8) is 0 Å². The predicted molar refractivity (Wildman–Crippen MR) is 81.9 cm³/mol. The molecule has 1 aliphatic heterocycles. The number of nitrogens with one attached hydrogen (secondary N) is 1. The second kappa shape index (κ2) is 7.71. The van der Waals surface area contributed by atoms with Crippen molar-refractivity contribution >= 4 is 17.2 Å². The highest BCUT2D eigenvalue weighted by atomic mass is 32.1. The molecule has 1 fully saturated rings. The fraction of sp³-hybridized carbons (Fsp3) is 0.714. The topological polar surface area (TPSA) is 48.5 Å². The Morgan fingerprint density at radius 3 is 2.75 bits per heavy atom. The van der Waals surface area contributed by atoms with Crippen molar-refractivity contribution in [2.75, 3.05) is 39.8 Å². The fourth-order valence-corrected chi connectivity index (χ4v) is 3.09. The highest BCUT2D eigenvalue weighted by molar-refractivity contribution is 7.09. The van der Waals surface area contributed by atoms with Crippen LogP contribution in [0.4, 0.5) is 0 Å². The number of carbonyl (C=O) groups excluding carboxylic acids is 1. The molecule has 20 heavy (non-hydrogen) atoms. The molecule has 2 rings (SSSR count). The molecule has 0 spiro atoms. The van der Waals surface area contributed by atoms with Crippen LogP contribution in [0, 0.1) is 0 Å². The number of hydrogen-bond acceptors (Lipinski definition) is 5. The fourth-order valence-electron chi connectivity index (χ4n) is 2.36. The van der Waals surface area contributed by atoms with Crippen molar-refractivity contribution in [3.05, 3.63) is 16.1 Å². The smallest absolute Gasteiger partial charge is 0.223 e. The number of rotatable bonds is 6. The lowest BCUT2D eigenvalue weighted by Crippen LogP contribution is -2.48. The van der Waals surface area contributed by atoms with Gasteiger partial charge >= 0.3 is 0 Å². The molecule has 0 aromatic carbocycles. The van der Waals surface area contributed by atoms with E-state index in [9.17, 15) is 4.79 Å². The highest BCUT2D eigenvalue weighted by Crippen LogP contribution is 2.13. The molecule has 1 aliphatic rings. The first-order valence-corrected chi connectivity index (χ1v) is 8.19. The van der Waals surface area contributed by atoms with Crippen LogP contribution in [-0.4, -0.2) is 60.5 Å². The molecule has 0 aliphatic carbocycles. The molecule has 0 unspecified atom stereocenters. The minimum absolute atomic E-state index is 0.265. The Bertz CT molecular complexity index is 427. The standard InChI is InChI=1S/C14H24N4OS/c1-3-13-16-12(11-20-13)10-17-6-8-18(9-7-17)14(19)4-5-15-2/h11,15H,3-10H2,1-2H3. The molecule has 1 N–H and O–H groups in total. The lowest BCUT2D eigenvalue weighted by atomic mass is 10.2. The summed E-state index contributed by atoms with van der Waals surface area (Å²) in [4.78, 5) is 20.9. The Morgan fingerprint density at radius 1 is 1.40 bits per heavy atom. The third-order valence-corrected chi connectivity index (χ3v) is 4.64. The first kappa shape index (κ1) is 15.4. The van der Waals surface area contributed by atoms with E-state index in [1.54, 1.807) is 11.3 Å². The van der Waals surface area contributed by atoms with Crippen molar-refractivity contribution < 1.29 is 4.79 Å². The highest BCUT2D eigenvalue weighted by Gasteiger charge is 2.21. The van der Waals surface area contributed by atoms with Crippen LogP contribution in [0.3, 0.4) is 0 Å². The van der Waals surface area contributed by atoms with Crippen LogP contribution in [0.1, 0.15) is 24.0 Å². The summed E-state index contributed by atoms with van der Waals surface area (Å²) in [5, 5.41) is 6.39. The summed E-state index contributed by atoms with van der Waals surface area (Å²) in [6, 6.07) is 0. The van der Waals surface area contributed by atoms with Gasteiger partial charge in [0.2, 0.25) is 5.91 Å². The van der Waals surface area contributed by atoms with Crippen molar-refractivity contribution in [2.24, 2.45) is 0 Å². The SMILES string of the molecule is CCc1nc(CN2CCN(C(=O)CCNC)CC2)cs1. The first-order valence-electron chi connectivity index (χ1n) is 7.31. The number of thiazole rings is 1. The molecule has 1 aromatic heterocycles. The first-order chi connectivity index (χ1) is 9.72. The second-order valence-electron chi connectivity index (χ2n) is 5.10. The van der Waals surface area contributed by atoms with Crippen LogP contribution >= 0.6 is 11.3 Å². The average molecular weight is 296 g/mol. The van der Waals surface area contributed by atoms with Crippen molar-refractivity contribution in [2.45, 2.75) is 26.3 Å². The van der Waals surface area contributed by atoms with E-state index in [0.29, 0.717) is 6.42 Å². The third kappa shape index (κ3) is 4.26. The maximum absolute atomic E-state index is 11.9. The number of aromatic nitrogens is 1. The van der Waals surface area contributed by atoms with E-state index < -0.39 is 0 Å². The van der Waals surface area contributed by atoms with Crippen LogP contribution in [-0.2, 0) is 17.8 Å². The van der Waals surface area contributed by atoms with Gasteiger partial charge in [0.05, 0.1) is 10.7 Å². The van der Waals surface area contributed by atoms with E-state index in [2.05, 4.69) is 27.5 Å². The molecular formula is C14H24N4OS. The molecule has 112 valence electrons. The van der Waals surface area contributed by atoms with Crippen molar-refractivity contribution in [1.29, 1.82) is 0 Å². The van der Waals surface area contributed by atoms with Gasteiger partial charge in [-0.1, -0.05) is 6.92 Å². The molecule has 1 aromatic rings. The number of amides is 1. The Hall–Kier alpha value is -0.980. The number of hydrogen-bond donors (Lipinski definition) is 1. The Morgan fingerprint density at radius 2 is 2.15 bits per heavy atom. The van der Waals surface area contributed by atoms with Gasteiger partial charge in [-0.3, -0.25) is 9.69 Å². The zero-order valence-corrected chi connectivity index (χ0v) is 13.2. The molecule has 6 heteroatoms. The van der Waals surface area contributed by atoms with E-state index in [1.807, 2.05) is 11.9 Å². The van der Waals surface area contributed by atoms with E-state index in [1.165, 1.54) is 10.7 Å². The van der Waals surface area contributed by atoms with E-state index >= 15 is 0 Å². The van der Waals surface area contributed by atoms with Crippen molar-refractivity contribution in [3.8, 4) is 0 Å². The summed E-state index contributed by atoms with van der Waals surface area (Å²) >= 11 is 1.74. The molecule has 2 heterocycles. The summed E-state index contributed by atoms with van der Waals surface area (Å²) in [6.45, 7) is 7.39.